The van der Waals surface area contributed by atoms with E-state index < -0.39 is 0 Å². The molecule has 0 aromatic carbocycles. The Bertz CT molecular complexity index is 660. The molecule has 1 saturated heterocycles. The highest BCUT2D eigenvalue weighted by Crippen LogP contribution is 2.61. The maximum atomic E-state index is 12.6. The number of fused-ring (bicyclic) bond motifs is 1. The molecule has 29 heavy (non-hydrogen) atoms. The van der Waals surface area contributed by atoms with Crippen LogP contribution in [-0.4, -0.2) is 60.1 Å². The zero-order valence-corrected chi connectivity index (χ0v) is 19.3. The summed E-state index contributed by atoms with van der Waals surface area (Å²) < 4.78 is 0. The number of likely N-dealkylation sites (N-methyl/N-ethyl adjacent to an activating group) is 1. The van der Waals surface area contributed by atoms with E-state index in [4.69, 9.17) is 0 Å². The first-order valence-electron chi connectivity index (χ1n) is 11.6. The Morgan fingerprint density at radius 2 is 1.86 bits per heavy atom. The highest BCUT2D eigenvalue weighted by atomic mass is 16.3. The summed E-state index contributed by atoms with van der Waals surface area (Å²) >= 11 is 0. The normalized spacial score (nSPS) is 36.1. The Balaban J connectivity index is 1.65. The number of hydrogen-bond donors (Lipinski definition) is 1. The van der Waals surface area contributed by atoms with Crippen LogP contribution in [-0.2, 0) is 4.79 Å². The number of rotatable bonds is 4. The summed E-state index contributed by atoms with van der Waals surface area (Å²) in [7, 11) is 2.11. The van der Waals surface area contributed by atoms with Gasteiger partial charge in [-0.05, 0) is 75.2 Å². The molecule has 3 rings (SSSR count). The van der Waals surface area contributed by atoms with Gasteiger partial charge in [0, 0.05) is 32.3 Å². The number of piperazine rings is 1. The van der Waals surface area contributed by atoms with Crippen LogP contribution in [0.15, 0.2) is 23.8 Å². The number of amides is 1. The Kier molecular flexibility index (Phi) is 6.65. The standard InChI is InChI=1S/C25H42N2O2/c1-18(17-23(29)27-15-13-26(6)14-16-27)7-9-20-19(2)8-10-21-24(3,4)22(28)11-12-25(20,21)5/h17,20-22,28H,2,7-16H2,1,3-6H3/t20-,21-,22-,25+/m1/s1. The first-order chi connectivity index (χ1) is 13.6. The minimum Gasteiger partial charge on any atom is -0.393 e. The molecule has 0 spiro atoms. The molecule has 4 heteroatoms. The molecule has 2 aliphatic carbocycles. The van der Waals surface area contributed by atoms with Gasteiger partial charge in [0.15, 0.2) is 0 Å². The molecular weight excluding hydrogens is 360 g/mol. The van der Waals surface area contributed by atoms with Crippen molar-refractivity contribution in [3.63, 3.8) is 0 Å². The molecule has 164 valence electrons. The van der Waals surface area contributed by atoms with Gasteiger partial charge in [0.2, 0.25) is 5.91 Å². The number of hydrogen-bond acceptors (Lipinski definition) is 3. The summed E-state index contributed by atoms with van der Waals surface area (Å²) in [6.07, 6.45) is 7.87. The number of nitrogens with zero attached hydrogens (tertiary/aromatic N) is 2. The summed E-state index contributed by atoms with van der Waals surface area (Å²) in [6.45, 7) is 17.1. The third-order valence-electron chi connectivity index (χ3n) is 8.56. The minimum atomic E-state index is -0.199. The number of aliphatic hydroxyl groups excluding tert-OH is 1. The van der Waals surface area contributed by atoms with Gasteiger partial charge in [-0.3, -0.25) is 4.79 Å². The van der Waals surface area contributed by atoms with Crippen LogP contribution in [0.2, 0.25) is 0 Å². The van der Waals surface area contributed by atoms with Crippen LogP contribution in [0, 0.1) is 22.7 Å². The summed E-state index contributed by atoms with van der Waals surface area (Å²) in [6, 6.07) is 0. The van der Waals surface area contributed by atoms with Gasteiger partial charge in [0.05, 0.1) is 6.10 Å². The van der Waals surface area contributed by atoms with Gasteiger partial charge in [0.1, 0.15) is 0 Å². The molecule has 0 unspecified atom stereocenters. The zero-order valence-electron chi connectivity index (χ0n) is 19.3. The molecule has 1 heterocycles. The van der Waals surface area contributed by atoms with Crippen molar-refractivity contribution in [2.45, 2.75) is 72.3 Å². The molecule has 0 aromatic rings. The maximum absolute atomic E-state index is 12.6. The lowest BCUT2D eigenvalue weighted by atomic mass is 9.46. The Hall–Kier alpha value is -1.13. The second-order valence-electron chi connectivity index (χ2n) is 10.8. The molecule has 1 N–H and O–H groups in total. The lowest BCUT2D eigenvalue weighted by Crippen LogP contribution is -2.54. The molecule has 0 aromatic heterocycles. The maximum Gasteiger partial charge on any atom is 0.246 e. The second-order valence-corrected chi connectivity index (χ2v) is 10.8. The lowest BCUT2D eigenvalue weighted by Gasteiger charge is -2.59. The van der Waals surface area contributed by atoms with Crippen molar-refractivity contribution in [2.75, 3.05) is 33.2 Å². The van der Waals surface area contributed by atoms with Gasteiger partial charge in [-0.1, -0.05) is 38.5 Å². The lowest BCUT2D eigenvalue weighted by molar-refractivity contribution is -0.127. The summed E-state index contributed by atoms with van der Waals surface area (Å²) in [4.78, 5) is 16.9. The van der Waals surface area contributed by atoms with Crippen molar-refractivity contribution in [1.29, 1.82) is 0 Å². The fourth-order valence-electron chi connectivity index (χ4n) is 6.47. The van der Waals surface area contributed by atoms with Crippen LogP contribution in [0.4, 0.5) is 0 Å². The van der Waals surface area contributed by atoms with Gasteiger partial charge in [-0.25, -0.2) is 0 Å². The van der Waals surface area contributed by atoms with Crippen molar-refractivity contribution >= 4 is 5.91 Å². The summed E-state index contributed by atoms with van der Waals surface area (Å²) in [5, 5.41) is 10.6. The largest absolute Gasteiger partial charge is 0.393 e. The van der Waals surface area contributed by atoms with Crippen LogP contribution in [0.5, 0.6) is 0 Å². The third kappa shape index (κ3) is 4.49. The van der Waals surface area contributed by atoms with Crippen LogP contribution in [0.3, 0.4) is 0 Å². The summed E-state index contributed by atoms with van der Waals surface area (Å²) in [5.41, 5.74) is 2.74. The van der Waals surface area contributed by atoms with Gasteiger partial charge in [-0.15, -0.1) is 0 Å². The van der Waals surface area contributed by atoms with E-state index in [0.717, 1.165) is 64.7 Å². The van der Waals surface area contributed by atoms with Crippen LogP contribution < -0.4 is 0 Å². The predicted molar refractivity (Wildman–Crippen MR) is 120 cm³/mol. The molecule has 4 nitrogen and oxygen atoms in total. The number of carbonyl (C=O) groups is 1. The van der Waals surface area contributed by atoms with Crippen LogP contribution >= 0.6 is 0 Å². The van der Waals surface area contributed by atoms with E-state index in [1.54, 1.807) is 0 Å². The number of aliphatic hydroxyl groups is 1. The Labute approximate surface area is 178 Å². The van der Waals surface area contributed by atoms with E-state index in [1.807, 2.05) is 11.0 Å². The Morgan fingerprint density at radius 3 is 2.52 bits per heavy atom. The molecule has 0 radical (unpaired) electrons. The van der Waals surface area contributed by atoms with Crippen LogP contribution in [0.25, 0.3) is 0 Å². The summed E-state index contributed by atoms with van der Waals surface area (Å²) in [5.74, 6) is 1.18. The van der Waals surface area contributed by atoms with Gasteiger partial charge in [-0.2, -0.15) is 0 Å². The van der Waals surface area contributed by atoms with Gasteiger partial charge < -0.3 is 14.9 Å². The van der Waals surface area contributed by atoms with E-state index in [-0.39, 0.29) is 22.8 Å². The molecule has 4 atom stereocenters. The first-order valence-corrected chi connectivity index (χ1v) is 11.6. The predicted octanol–water partition coefficient (Wildman–Crippen LogP) is 4.26. The van der Waals surface area contributed by atoms with E-state index in [0.29, 0.717) is 11.8 Å². The quantitative estimate of drug-likeness (QED) is 0.564. The van der Waals surface area contributed by atoms with Crippen molar-refractivity contribution < 1.29 is 9.90 Å². The molecule has 0 bridgehead atoms. The van der Waals surface area contributed by atoms with E-state index >= 15 is 0 Å². The van der Waals surface area contributed by atoms with E-state index in [2.05, 4.69) is 46.2 Å². The number of carbonyl (C=O) groups excluding carboxylic acids is 1. The zero-order chi connectivity index (χ0) is 21.4. The van der Waals surface area contributed by atoms with Gasteiger partial charge >= 0.3 is 0 Å². The second kappa shape index (κ2) is 8.55. The highest BCUT2D eigenvalue weighted by Gasteiger charge is 2.55. The molecule has 2 saturated carbocycles. The number of allylic oxidation sites excluding steroid dienone is 2. The van der Waals surface area contributed by atoms with E-state index in [9.17, 15) is 9.90 Å². The molecule has 1 aliphatic heterocycles. The topological polar surface area (TPSA) is 43.8 Å². The first kappa shape index (κ1) is 22.6. The minimum absolute atomic E-state index is 0.0335. The van der Waals surface area contributed by atoms with Crippen molar-refractivity contribution in [1.82, 2.24) is 9.80 Å². The highest BCUT2D eigenvalue weighted by molar-refractivity contribution is 5.88. The molecule has 1 amide bonds. The van der Waals surface area contributed by atoms with Crippen LogP contribution in [0.1, 0.15) is 66.2 Å². The third-order valence-corrected chi connectivity index (χ3v) is 8.56. The molecule has 3 aliphatic rings. The van der Waals surface area contributed by atoms with Crippen molar-refractivity contribution in [3.05, 3.63) is 23.8 Å². The fourth-order valence-corrected chi connectivity index (χ4v) is 6.47. The SMILES string of the molecule is C=C1CC[C@@H]2C(C)(C)[C@H](O)CC[C@@]2(C)[C@@H]1CCC(C)=CC(=O)N1CCN(C)CC1. The monoisotopic (exact) mass is 402 g/mol. The average molecular weight is 403 g/mol. The van der Waals surface area contributed by atoms with Gasteiger partial charge in [0.25, 0.3) is 0 Å². The molecule has 3 fully saturated rings. The average Bonchev–Trinajstić information content (AvgIpc) is 2.65. The van der Waals surface area contributed by atoms with Crippen molar-refractivity contribution in [3.8, 4) is 0 Å². The molecular formula is C25H42N2O2. The fraction of sp³-hybridized carbons (Fsp3) is 0.800. The van der Waals surface area contributed by atoms with Crippen molar-refractivity contribution in [2.24, 2.45) is 22.7 Å². The van der Waals surface area contributed by atoms with E-state index in [1.165, 1.54) is 11.1 Å². The smallest absolute Gasteiger partial charge is 0.246 e. The Morgan fingerprint density at radius 1 is 1.21 bits per heavy atom.